The summed E-state index contributed by atoms with van der Waals surface area (Å²) in [7, 11) is 0. The minimum atomic E-state index is -3.13. The molecule has 3 aromatic rings. The van der Waals surface area contributed by atoms with Gasteiger partial charge in [0.1, 0.15) is 0 Å². The van der Waals surface area contributed by atoms with Gasteiger partial charge in [0.15, 0.2) is 0 Å². The van der Waals surface area contributed by atoms with Crippen LogP contribution in [0.2, 0.25) is 0 Å². The molecule has 0 bridgehead atoms. The van der Waals surface area contributed by atoms with Gasteiger partial charge in [-0.2, -0.15) is 0 Å². The molecule has 0 fully saturated rings. The first-order chi connectivity index (χ1) is 14.2. The molecule has 3 aromatic carbocycles. The summed E-state index contributed by atoms with van der Waals surface area (Å²) >= 11 is 10.5. The van der Waals surface area contributed by atoms with Gasteiger partial charge in [-0.3, -0.25) is 0 Å². The van der Waals surface area contributed by atoms with E-state index < -0.39 is 5.96 Å². The molecule has 0 heterocycles. The number of allylic oxidation sites excluding steroid dienone is 2. The number of rotatable bonds is 10. The number of unbranched alkanes of at least 4 members (excludes halogenated alkanes) is 3. The Balaban J connectivity index is 2.08. The fraction of sp³-hybridized carbons (Fsp3) is 0.231. The minimum absolute atomic E-state index is 0.831. The summed E-state index contributed by atoms with van der Waals surface area (Å²) in [6.45, 7) is 0. The molecule has 0 radical (unpaired) electrons. The molecule has 0 spiro atoms. The van der Waals surface area contributed by atoms with E-state index in [4.69, 9.17) is 11.2 Å². The van der Waals surface area contributed by atoms with Crippen LogP contribution in [0.15, 0.2) is 103 Å². The van der Waals surface area contributed by atoms with Crippen molar-refractivity contribution in [1.29, 1.82) is 0 Å². The zero-order chi connectivity index (χ0) is 20.4. The maximum absolute atomic E-state index is 8.01. The van der Waals surface area contributed by atoms with Gasteiger partial charge in [-0.15, -0.1) is 0 Å². The van der Waals surface area contributed by atoms with Gasteiger partial charge in [0, 0.05) is 0 Å². The van der Waals surface area contributed by atoms with Crippen LogP contribution in [-0.4, -0.2) is 10.6 Å². The standard InChI is InChI=1S/C26H29ClIP/c27-29(24-16-8-5-9-17-24,25-18-10-6-11-19-25,26-20-12-7-13-21-26)23-15-4-2-1-3-14-22-28/h4-13,15-21H,1-3,14,22-23H2. The molecule has 0 saturated carbocycles. The number of halogens is 2. The van der Waals surface area contributed by atoms with Gasteiger partial charge in [-0.05, 0) is 0 Å². The molecular weight excluding hydrogens is 506 g/mol. The summed E-state index contributed by atoms with van der Waals surface area (Å²) in [5, 5.41) is 3.69. The van der Waals surface area contributed by atoms with E-state index in [0.29, 0.717) is 0 Å². The second kappa shape index (κ2) is 10.8. The van der Waals surface area contributed by atoms with Crippen molar-refractivity contribution < 1.29 is 0 Å². The van der Waals surface area contributed by atoms with Gasteiger partial charge >= 0.3 is 195 Å². The molecule has 0 aliphatic rings. The Kier molecular flexibility index (Phi) is 8.35. The van der Waals surface area contributed by atoms with E-state index >= 15 is 0 Å². The van der Waals surface area contributed by atoms with Gasteiger partial charge in [0.05, 0.1) is 0 Å². The van der Waals surface area contributed by atoms with Crippen LogP contribution in [-0.2, 0) is 0 Å². The summed E-state index contributed by atoms with van der Waals surface area (Å²) in [6, 6.07) is 32.1. The molecule has 0 aliphatic heterocycles. The zero-order valence-electron chi connectivity index (χ0n) is 16.8. The third-order valence-electron chi connectivity index (χ3n) is 5.50. The Hall–Kier alpha value is -1.15. The van der Waals surface area contributed by atoms with E-state index in [1.54, 1.807) is 0 Å². The van der Waals surface area contributed by atoms with Crippen molar-refractivity contribution in [3.8, 4) is 0 Å². The van der Waals surface area contributed by atoms with Crippen molar-refractivity contribution in [1.82, 2.24) is 0 Å². The van der Waals surface area contributed by atoms with Crippen LogP contribution in [0, 0.1) is 0 Å². The van der Waals surface area contributed by atoms with Crippen LogP contribution < -0.4 is 15.9 Å². The number of alkyl halides is 1. The van der Waals surface area contributed by atoms with E-state index in [-0.39, 0.29) is 0 Å². The summed E-state index contributed by atoms with van der Waals surface area (Å²) in [5.74, 6) is -3.13. The first-order valence-corrected chi connectivity index (χ1v) is 15.2. The van der Waals surface area contributed by atoms with Crippen LogP contribution in [0.25, 0.3) is 0 Å². The average Bonchev–Trinajstić information content (AvgIpc) is 2.80. The van der Waals surface area contributed by atoms with Crippen LogP contribution in [0.3, 0.4) is 0 Å². The third kappa shape index (κ3) is 4.95. The fourth-order valence-electron chi connectivity index (χ4n) is 3.90. The summed E-state index contributed by atoms with van der Waals surface area (Å²) in [6.07, 6.45) is 10.5. The number of hydrogen-bond donors (Lipinski definition) is 0. The predicted molar refractivity (Wildman–Crippen MR) is 142 cm³/mol. The predicted octanol–water partition coefficient (Wildman–Crippen LogP) is 7.22. The molecule has 3 rings (SSSR count). The molecule has 0 aromatic heterocycles. The van der Waals surface area contributed by atoms with Crippen LogP contribution in [0.4, 0.5) is 0 Å². The van der Waals surface area contributed by atoms with E-state index in [1.165, 1.54) is 39.6 Å². The van der Waals surface area contributed by atoms with Gasteiger partial charge in [0.2, 0.25) is 0 Å². The van der Waals surface area contributed by atoms with Crippen LogP contribution >= 0.6 is 39.8 Å². The van der Waals surface area contributed by atoms with Crippen molar-refractivity contribution in [2.24, 2.45) is 0 Å². The second-order valence-corrected chi connectivity index (χ2v) is 15.0. The molecule has 0 aliphatic carbocycles. The van der Waals surface area contributed by atoms with Crippen molar-refractivity contribution in [3.63, 3.8) is 0 Å². The van der Waals surface area contributed by atoms with Gasteiger partial charge in [-0.25, -0.2) is 0 Å². The Morgan fingerprint density at radius 2 is 1.07 bits per heavy atom. The van der Waals surface area contributed by atoms with Gasteiger partial charge in [-0.1, -0.05) is 0 Å². The topological polar surface area (TPSA) is 0 Å². The molecule has 0 N–H and O–H groups in total. The second-order valence-electron chi connectivity index (χ2n) is 7.38. The molecule has 152 valence electrons. The quantitative estimate of drug-likeness (QED) is 0.0847. The molecule has 0 unspecified atom stereocenters. The fourth-order valence-corrected chi connectivity index (χ4v) is 10.1. The molecule has 0 nitrogen and oxygen atoms in total. The zero-order valence-corrected chi connectivity index (χ0v) is 20.6. The van der Waals surface area contributed by atoms with E-state index in [1.807, 2.05) is 0 Å². The van der Waals surface area contributed by atoms with Crippen molar-refractivity contribution in [3.05, 3.63) is 103 Å². The van der Waals surface area contributed by atoms with Crippen molar-refractivity contribution in [2.75, 3.05) is 10.6 Å². The summed E-state index contributed by atoms with van der Waals surface area (Å²) in [4.78, 5) is 0. The first-order valence-electron chi connectivity index (χ1n) is 10.3. The molecular formula is C26H29ClIP. The van der Waals surface area contributed by atoms with Crippen molar-refractivity contribution >= 4 is 55.7 Å². The molecule has 3 heteroatoms. The Labute approximate surface area is 194 Å². The maximum atomic E-state index is 8.01. The Bertz CT molecular complexity index is 794. The first kappa shape index (κ1) is 22.5. The van der Waals surface area contributed by atoms with E-state index in [9.17, 15) is 0 Å². The molecule has 0 saturated heterocycles. The Morgan fingerprint density at radius 1 is 0.621 bits per heavy atom. The van der Waals surface area contributed by atoms with Gasteiger partial charge in [0.25, 0.3) is 0 Å². The van der Waals surface area contributed by atoms with Crippen LogP contribution in [0.5, 0.6) is 0 Å². The van der Waals surface area contributed by atoms with Crippen molar-refractivity contribution in [2.45, 2.75) is 25.7 Å². The molecule has 0 atom stereocenters. The third-order valence-corrected chi connectivity index (χ3v) is 13.5. The van der Waals surface area contributed by atoms with Crippen LogP contribution in [0.1, 0.15) is 25.7 Å². The van der Waals surface area contributed by atoms with E-state index in [2.05, 4.69) is 126 Å². The Morgan fingerprint density at radius 3 is 1.48 bits per heavy atom. The monoisotopic (exact) mass is 534 g/mol. The summed E-state index contributed by atoms with van der Waals surface area (Å²) < 4.78 is 1.25. The normalized spacial score (nSPS) is 13.2. The summed E-state index contributed by atoms with van der Waals surface area (Å²) in [5.41, 5.74) is 0. The SMILES string of the molecule is ClP(CC=CCCCCCI)(c1ccccc1)(c1ccccc1)c1ccccc1. The average molecular weight is 535 g/mol. The van der Waals surface area contributed by atoms with E-state index in [0.717, 1.165) is 12.6 Å². The molecule has 29 heavy (non-hydrogen) atoms. The number of benzene rings is 3. The molecule has 0 amide bonds. The van der Waals surface area contributed by atoms with Gasteiger partial charge < -0.3 is 0 Å². The number of hydrogen-bond acceptors (Lipinski definition) is 0.